The maximum absolute atomic E-state index is 9.62. The summed E-state index contributed by atoms with van der Waals surface area (Å²) in [5, 5.41) is 9.62. The molecule has 0 bridgehead atoms. The van der Waals surface area contributed by atoms with Crippen molar-refractivity contribution < 1.29 is 5.11 Å². The van der Waals surface area contributed by atoms with Crippen molar-refractivity contribution in [3.8, 4) is 34.7 Å². The molecule has 0 aromatic carbocycles. The van der Waals surface area contributed by atoms with Gasteiger partial charge in [-0.15, -0.1) is 5.54 Å². The number of hydrogen-bond donors (Lipinski definition) is 1. The Morgan fingerprint density at radius 1 is 0.875 bits per heavy atom. The first-order valence-corrected chi connectivity index (χ1v) is 11.3. The smallest absolute Gasteiger partial charge is 0.129 e. The molecule has 0 spiro atoms. The van der Waals surface area contributed by atoms with Crippen LogP contribution in [0.2, 0.25) is 19.6 Å². The number of aromatic nitrogens is 2. The third kappa shape index (κ3) is 6.00. The Balaban J connectivity index is 2.17. The number of pyridine rings is 2. The molecule has 4 heteroatoms. The lowest BCUT2D eigenvalue weighted by molar-refractivity contribution is 0.143. The molecule has 0 saturated heterocycles. The zero-order valence-corrected chi connectivity index (χ0v) is 15.8. The fourth-order valence-corrected chi connectivity index (χ4v) is 2.24. The molecule has 122 valence electrons. The first kappa shape index (κ1) is 17.9. The standard InChI is InChI=1S/C20H22N2OSi/c1-20(2,23)12-10-16-6-8-18(21-14-16)19-9-7-17(15-22-19)11-13-24(3,4)5/h6-9,14-15,23H,1-5H3. The summed E-state index contributed by atoms with van der Waals surface area (Å²) >= 11 is 0. The first-order valence-electron chi connectivity index (χ1n) is 7.84. The van der Waals surface area contributed by atoms with Crippen LogP contribution in [0, 0.1) is 23.3 Å². The highest BCUT2D eigenvalue weighted by Crippen LogP contribution is 2.14. The van der Waals surface area contributed by atoms with Crippen LogP contribution in [0.3, 0.4) is 0 Å². The fraction of sp³-hybridized carbons (Fsp3) is 0.300. The van der Waals surface area contributed by atoms with Crippen LogP contribution in [0.15, 0.2) is 36.7 Å². The maximum Gasteiger partial charge on any atom is 0.129 e. The zero-order chi connectivity index (χ0) is 17.8. The van der Waals surface area contributed by atoms with Gasteiger partial charge in [-0.05, 0) is 38.1 Å². The Hall–Kier alpha value is -2.40. The number of hydrogen-bond acceptors (Lipinski definition) is 3. The van der Waals surface area contributed by atoms with Crippen molar-refractivity contribution in [2.24, 2.45) is 0 Å². The molecule has 2 heterocycles. The quantitative estimate of drug-likeness (QED) is 0.641. The first-order chi connectivity index (χ1) is 11.1. The highest BCUT2D eigenvalue weighted by molar-refractivity contribution is 6.83. The summed E-state index contributed by atoms with van der Waals surface area (Å²) in [6.45, 7) is 9.95. The molecule has 0 aliphatic rings. The van der Waals surface area contributed by atoms with Crippen LogP contribution in [0.25, 0.3) is 11.4 Å². The molecule has 3 nitrogen and oxygen atoms in total. The molecular formula is C20H22N2OSi. The second kappa shape index (κ2) is 7.01. The van der Waals surface area contributed by atoms with Crippen molar-refractivity contribution in [3.63, 3.8) is 0 Å². The molecule has 0 amide bonds. The predicted octanol–water partition coefficient (Wildman–Crippen LogP) is 3.49. The molecule has 0 radical (unpaired) electrons. The van der Waals surface area contributed by atoms with Crippen LogP contribution in [-0.2, 0) is 0 Å². The van der Waals surface area contributed by atoms with E-state index in [1.807, 2.05) is 24.3 Å². The average molecular weight is 334 g/mol. The van der Waals surface area contributed by atoms with E-state index in [1.165, 1.54) is 0 Å². The summed E-state index contributed by atoms with van der Waals surface area (Å²) < 4.78 is 0. The summed E-state index contributed by atoms with van der Waals surface area (Å²) in [6, 6.07) is 7.66. The van der Waals surface area contributed by atoms with Gasteiger partial charge in [0.05, 0.1) is 11.4 Å². The Morgan fingerprint density at radius 3 is 1.75 bits per heavy atom. The molecule has 1 N–H and O–H groups in total. The van der Waals surface area contributed by atoms with E-state index in [9.17, 15) is 5.11 Å². The molecule has 0 aliphatic heterocycles. The molecule has 0 fully saturated rings. The van der Waals surface area contributed by atoms with Crippen molar-refractivity contribution in [3.05, 3.63) is 47.8 Å². The Kier molecular flexibility index (Phi) is 5.24. The van der Waals surface area contributed by atoms with Gasteiger partial charge in [-0.1, -0.05) is 37.4 Å². The minimum atomic E-state index is -1.38. The van der Waals surface area contributed by atoms with Gasteiger partial charge in [-0.3, -0.25) is 9.97 Å². The lowest BCUT2D eigenvalue weighted by Crippen LogP contribution is -2.16. The minimum absolute atomic E-state index is 0.762. The summed E-state index contributed by atoms with van der Waals surface area (Å²) in [5.74, 6) is 8.86. The normalized spacial score (nSPS) is 11.1. The second-order valence-electron chi connectivity index (χ2n) is 7.17. The topological polar surface area (TPSA) is 46.0 Å². The van der Waals surface area contributed by atoms with Crippen LogP contribution in [0.1, 0.15) is 25.0 Å². The van der Waals surface area contributed by atoms with E-state index in [0.717, 1.165) is 22.5 Å². The Morgan fingerprint density at radius 2 is 1.38 bits per heavy atom. The molecule has 0 atom stereocenters. The second-order valence-corrected chi connectivity index (χ2v) is 11.9. The Bertz CT molecular complexity index is 745. The zero-order valence-electron chi connectivity index (χ0n) is 14.8. The van der Waals surface area contributed by atoms with E-state index in [4.69, 9.17) is 0 Å². The minimum Gasteiger partial charge on any atom is -0.378 e. The van der Waals surface area contributed by atoms with E-state index in [0.29, 0.717) is 0 Å². The van der Waals surface area contributed by atoms with E-state index in [-0.39, 0.29) is 0 Å². The third-order valence-electron chi connectivity index (χ3n) is 2.88. The van der Waals surface area contributed by atoms with Gasteiger partial charge < -0.3 is 5.11 Å². The highest BCUT2D eigenvalue weighted by atomic mass is 28.3. The van der Waals surface area contributed by atoms with Crippen LogP contribution in [0.5, 0.6) is 0 Å². The molecule has 0 unspecified atom stereocenters. The van der Waals surface area contributed by atoms with Gasteiger partial charge in [0.1, 0.15) is 13.7 Å². The summed E-state index contributed by atoms with van der Waals surface area (Å²) in [5.41, 5.74) is 5.60. The van der Waals surface area contributed by atoms with Crippen molar-refractivity contribution in [2.45, 2.75) is 39.1 Å². The summed E-state index contributed by atoms with van der Waals surface area (Å²) in [4.78, 5) is 8.83. The van der Waals surface area contributed by atoms with Crippen LogP contribution in [-0.4, -0.2) is 28.7 Å². The van der Waals surface area contributed by atoms with Gasteiger partial charge in [0.2, 0.25) is 0 Å². The van der Waals surface area contributed by atoms with Gasteiger partial charge in [-0.2, -0.15) is 0 Å². The van der Waals surface area contributed by atoms with Gasteiger partial charge in [0, 0.05) is 23.5 Å². The number of nitrogens with zero attached hydrogens (tertiary/aromatic N) is 2. The van der Waals surface area contributed by atoms with Crippen molar-refractivity contribution in [1.29, 1.82) is 0 Å². The molecule has 24 heavy (non-hydrogen) atoms. The Labute approximate surface area is 145 Å². The molecule has 0 aliphatic carbocycles. The van der Waals surface area contributed by atoms with Gasteiger partial charge in [0.25, 0.3) is 0 Å². The SMILES string of the molecule is CC(C)(O)C#Cc1ccc(-c2ccc(C#C[Si](C)(C)C)cn2)nc1. The van der Waals surface area contributed by atoms with Crippen molar-refractivity contribution >= 4 is 8.07 Å². The monoisotopic (exact) mass is 334 g/mol. The third-order valence-corrected chi connectivity index (χ3v) is 3.76. The lowest BCUT2D eigenvalue weighted by Gasteiger charge is -2.06. The van der Waals surface area contributed by atoms with E-state index < -0.39 is 13.7 Å². The van der Waals surface area contributed by atoms with Crippen LogP contribution >= 0.6 is 0 Å². The largest absolute Gasteiger partial charge is 0.378 e. The number of aliphatic hydroxyl groups is 1. The summed E-state index contributed by atoms with van der Waals surface area (Å²) in [7, 11) is -1.38. The average Bonchev–Trinajstić information content (AvgIpc) is 2.51. The molecule has 2 aromatic heterocycles. The maximum atomic E-state index is 9.62. The highest BCUT2D eigenvalue weighted by Gasteiger charge is 2.08. The summed E-state index contributed by atoms with van der Waals surface area (Å²) in [6.07, 6.45) is 3.47. The van der Waals surface area contributed by atoms with E-state index in [2.05, 4.69) is 52.9 Å². The molecule has 2 rings (SSSR count). The molecule has 2 aromatic rings. The van der Waals surface area contributed by atoms with Gasteiger partial charge >= 0.3 is 0 Å². The van der Waals surface area contributed by atoms with Crippen molar-refractivity contribution in [2.75, 3.05) is 0 Å². The van der Waals surface area contributed by atoms with Gasteiger partial charge in [0.15, 0.2) is 0 Å². The fourth-order valence-electron chi connectivity index (χ4n) is 1.72. The van der Waals surface area contributed by atoms with E-state index >= 15 is 0 Å². The van der Waals surface area contributed by atoms with E-state index in [1.54, 1.807) is 26.2 Å². The molecular weight excluding hydrogens is 312 g/mol. The predicted molar refractivity (Wildman–Crippen MR) is 101 cm³/mol. The number of rotatable bonds is 1. The van der Waals surface area contributed by atoms with Crippen molar-refractivity contribution in [1.82, 2.24) is 9.97 Å². The van der Waals surface area contributed by atoms with Gasteiger partial charge in [-0.25, -0.2) is 0 Å². The van der Waals surface area contributed by atoms with Crippen LogP contribution in [0.4, 0.5) is 0 Å². The molecule has 0 saturated carbocycles. The lowest BCUT2D eigenvalue weighted by atomic mass is 10.1. The van der Waals surface area contributed by atoms with Crippen LogP contribution < -0.4 is 0 Å².